The number of carbonyl (C=O) groups excluding carboxylic acids is 1. The minimum absolute atomic E-state index is 0.0650. The molecule has 0 unspecified atom stereocenters. The highest BCUT2D eigenvalue weighted by Crippen LogP contribution is 2.47. The first-order chi connectivity index (χ1) is 21.3. The Balaban J connectivity index is 1.51. The minimum atomic E-state index is -0.619. The monoisotopic (exact) mass is 595 g/mol. The highest BCUT2D eigenvalue weighted by molar-refractivity contribution is 5.94. The van der Waals surface area contributed by atoms with Crippen LogP contribution >= 0.6 is 0 Å². The first-order valence-electron chi connectivity index (χ1n) is 14.4. The molecule has 9 heteroatoms. The van der Waals surface area contributed by atoms with Gasteiger partial charge in [0.05, 0.1) is 42.5 Å². The number of amides is 1. The average Bonchev–Trinajstić information content (AvgIpc) is 3.41. The van der Waals surface area contributed by atoms with E-state index in [1.54, 1.807) is 18.0 Å². The maximum absolute atomic E-state index is 16.9. The van der Waals surface area contributed by atoms with Crippen LogP contribution in [0.2, 0.25) is 0 Å². The maximum atomic E-state index is 16.9. The van der Waals surface area contributed by atoms with Crippen molar-refractivity contribution in [1.29, 1.82) is 0 Å². The van der Waals surface area contributed by atoms with Crippen molar-refractivity contribution in [2.75, 3.05) is 32.3 Å². The average molecular weight is 596 g/mol. The summed E-state index contributed by atoms with van der Waals surface area (Å²) in [5, 5.41) is 0. The lowest BCUT2D eigenvalue weighted by molar-refractivity contribution is -0.116. The Morgan fingerprint density at radius 2 is 1.57 bits per heavy atom. The third-order valence-corrected chi connectivity index (χ3v) is 7.92. The molecule has 0 bridgehead atoms. The lowest BCUT2D eigenvalue weighted by Gasteiger charge is -2.41. The second-order valence-corrected chi connectivity index (χ2v) is 11.2. The highest BCUT2D eigenvalue weighted by Gasteiger charge is 2.40. The van der Waals surface area contributed by atoms with Crippen molar-refractivity contribution < 1.29 is 28.1 Å². The van der Waals surface area contributed by atoms with E-state index in [0.717, 1.165) is 16.6 Å². The van der Waals surface area contributed by atoms with Crippen molar-refractivity contribution >= 4 is 22.6 Å². The molecule has 1 aliphatic heterocycles. The van der Waals surface area contributed by atoms with E-state index in [1.165, 1.54) is 14.0 Å². The van der Waals surface area contributed by atoms with Crippen LogP contribution in [0.4, 0.5) is 10.1 Å². The number of methoxy groups -OCH3 is 1. The summed E-state index contributed by atoms with van der Waals surface area (Å²) in [6.45, 7) is 4.74. The van der Waals surface area contributed by atoms with E-state index in [0.29, 0.717) is 36.0 Å². The number of fused-ring (bicyclic) bond motifs is 1. The number of nitrogens with zero attached hydrogens (tertiary/aromatic N) is 3. The summed E-state index contributed by atoms with van der Waals surface area (Å²) in [6.07, 6.45) is 0. The van der Waals surface area contributed by atoms with Crippen LogP contribution in [-0.4, -0.2) is 42.8 Å². The molecule has 0 radical (unpaired) electrons. The number of carbonyl (C=O) groups is 1. The van der Waals surface area contributed by atoms with Gasteiger partial charge in [0, 0.05) is 19.7 Å². The van der Waals surface area contributed by atoms with Gasteiger partial charge in [-0.25, -0.2) is 9.37 Å². The van der Waals surface area contributed by atoms with E-state index in [9.17, 15) is 4.79 Å². The topological polar surface area (TPSA) is 75.1 Å². The van der Waals surface area contributed by atoms with E-state index >= 15 is 4.39 Å². The maximum Gasteiger partial charge on any atom is 0.223 e. The summed E-state index contributed by atoms with van der Waals surface area (Å²) in [7, 11) is 3.22. The molecule has 6 rings (SSSR count). The number of halogens is 1. The Morgan fingerprint density at radius 3 is 2.11 bits per heavy atom. The minimum Gasteiger partial charge on any atom is -0.493 e. The van der Waals surface area contributed by atoms with Gasteiger partial charge in [0.25, 0.3) is 0 Å². The zero-order valence-electron chi connectivity index (χ0n) is 25.2. The van der Waals surface area contributed by atoms with Gasteiger partial charge in [-0.15, -0.1) is 0 Å². The van der Waals surface area contributed by atoms with E-state index in [4.69, 9.17) is 23.9 Å². The Kier molecular flexibility index (Phi) is 7.97. The molecule has 0 spiro atoms. The summed E-state index contributed by atoms with van der Waals surface area (Å²) < 4.78 is 42.7. The van der Waals surface area contributed by atoms with E-state index in [-0.39, 0.29) is 36.2 Å². The molecule has 1 aliphatic rings. The normalized spacial score (nSPS) is 13.8. The van der Waals surface area contributed by atoms with Gasteiger partial charge in [0.15, 0.2) is 11.6 Å². The number of hydrogen-bond acceptors (Lipinski definition) is 6. The molecule has 1 fully saturated rings. The molecule has 0 N–H and O–H groups in total. The second kappa shape index (κ2) is 12.0. The molecule has 2 heterocycles. The van der Waals surface area contributed by atoms with Gasteiger partial charge in [-0.3, -0.25) is 4.79 Å². The molecule has 0 atom stereocenters. The quantitative estimate of drug-likeness (QED) is 0.178. The van der Waals surface area contributed by atoms with Crippen molar-refractivity contribution in [3.8, 4) is 28.6 Å². The summed E-state index contributed by atoms with van der Waals surface area (Å²) in [5.41, 5.74) is 3.62. The van der Waals surface area contributed by atoms with Gasteiger partial charge in [-0.2, -0.15) is 0 Å². The third-order valence-electron chi connectivity index (χ3n) is 7.92. The Hall–Kier alpha value is -4.89. The summed E-state index contributed by atoms with van der Waals surface area (Å²) >= 11 is 0. The van der Waals surface area contributed by atoms with Crippen molar-refractivity contribution in [3.63, 3.8) is 0 Å². The summed E-state index contributed by atoms with van der Waals surface area (Å²) in [4.78, 5) is 18.6. The predicted molar refractivity (Wildman–Crippen MR) is 167 cm³/mol. The van der Waals surface area contributed by atoms with Gasteiger partial charge in [-0.1, -0.05) is 60.7 Å². The van der Waals surface area contributed by atoms with Crippen LogP contribution in [-0.2, 0) is 28.3 Å². The fraction of sp³-hybridized carbons (Fsp3) is 0.257. The summed E-state index contributed by atoms with van der Waals surface area (Å²) in [6, 6.07) is 26.4. The third kappa shape index (κ3) is 5.46. The van der Waals surface area contributed by atoms with Gasteiger partial charge in [0.1, 0.15) is 19.0 Å². The number of hydrogen-bond donors (Lipinski definition) is 0. The van der Waals surface area contributed by atoms with Crippen LogP contribution in [0.5, 0.6) is 17.2 Å². The molecular formula is C35H34FN3O5. The first-order valence-corrected chi connectivity index (χ1v) is 14.4. The number of benzene rings is 4. The molecule has 1 amide bonds. The lowest BCUT2D eigenvalue weighted by atomic mass is 9.98. The molecule has 1 aromatic heterocycles. The SMILES string of the molecule is COc1cc(-c2nc3cc(N(C)C(C)=O)ccc3n2C2(C)COC2)c(F)c(OCc2ccccc2)c1OCc1ccccc1. The molecule has 44 heavy (non-hydrogen) atoms. The molecule has 5 aromatic rings. The molecular weight excluding hydrogens is 561 g/mol. The highest BCUT2D eigenvalue weighted by atomic mass is 19.1. The zero-order valence-corrected chi connectivity index (χ0v) is 25.2. The Morgan fingerprint density at radius 1 is 0.955 bits per heavy atom. The van der Waals surface area contributed by atoms with E-state index in [2.05, 4.69) is 6.92 Å². The Bertz CT molecular complexity index is 1800. The molecule has 4 aromatic carbocycles. The summed E-state index contributed by atoms with van der Waals surface area (Å²) in [5.74, 6) is 0.0793. The Labute approximate surface area is 255 Å². The lowest BCUT2D eigenvalue weighted by Crippen LogP contribution is -2.49. The zero-order chi connectivity index (χ0) is 30.8. The van der Waals surface area contributed by atoms with Crippen molar-refractivity contribution in [1.82, 2.24) is 9.55 Å². The van der Waals surface area contributed by atoms with Crippen LogP contribution in [0, 0.1) is 5.82 Å². The number of ether oxygens (including phenoxy) is 4. The number of anilines is 1. The van der Waals surface area contributed by atoms with Gasteiger partial charge in [-0.05, 0) is 42.3 Å². The van der Waals surface area contributed by atoms with Gasteiger partial charge < -0.3 is 28.4 Å². The van der Waals surface area contributed by atoms with Gasteiger partial charge in [0.2, 0.25) is 17.4 Å². The van der Waals surface area contributed by atoms with Crippen LogP contribution in [0.1, 0.15) is 25.0 Å². The van der Waals surface area contributed by atoms with E-state index < -0.39 is 11.4 Å². The van der Waals surface area contributed by atoms with Crippen LogP contribution in [0.25, 0.3) is 22.4 Å². The smallest absolute Gasteiger partial charge is 0.223 e. The van der Waals surface area contributed by atoms with Crippen LogP contribution in [0.15, 0.2) is 84.9 Å². The van der Waals surface area contributed by atoms with Crippen molar-refractivity contribution in [2.45, 2.75) is 32.6 Å². The van der Waals surface area contributed by atoms with E-state index in [1.807, 2.05) is 83.4 Å². The molecule has 0 saturated carbocycles. The number of aromatic nitrogens is 2. The van der Waals surface area contributed by atoms with Crippen molar-refractivity contribution in [2.24, 2.45) is 0 Å². The molecule has 8 nitrogen and oxygen atoms in total. The fourth-order valence-electron chi connectivity index (χ4n) is 5.35. The second-order valence-electron chi connectivity index (χ2n) is 11.2. The molecule has 1 saturated heterocycles. The first kappa shape index (κ1) is 29.2. The number of rotatable bonds is 10. The van der Waals surface area contributed by atoms with Crippen LogP contribution < -0.4 is 19.1 Å². The molecule has 0 aliphatic carbocycles. The molecule has 226 valence electrons. The fourth-order valence-corrected chi connectivity index (χ4v) is 5.35. The van der Waals surface area contributed by atoms with Crippen molar-refractivity contribution in [3.05, 3.63) is 102 Å². The number of imidazole rings is 1. The largest absolute Gasteiger partial charge is 0.493 e. The standard InChI is InChI=1S/C35H34FN3O5/c1-23(40)38(3)26-15-16-29-28(17-26)37-34(39(29)35(2)21-42-22-35)27-18-30(41-4)32(43-19-24-11-7-5-8-12-24)33(31(27)36)44-20-25-13-9-6-10-14-25/h5-18H,19-22H2,1-4H3. The van der Waals surface area contributed by atoms with Gasteiger partial charge >= 0.3 is 0 Å². The van der Waals surface area contributed by atoms with Crippen LogP contribution in [0.3, 0.4) is 0 Å². The predicted octanol–water partition coefficient (Wildman–Crippen LogP) is 6.74.